The van der Waals surface area contributed by atoms with Crippen molar-refractivity contribution >= 4 is 0 Å². The molecule has 21 heavy (non-hydrogen) atoms. The van der Waals surface area contributed by atoms with Crippen LogP contribution >= 0.6 is 0 Å². The maximum absolute atomic E-state index is 13.9. The number of benzene rings is 1. The van der Waals surface area contributed by atoms with Gasteiger partial charge >= 0.3 is 0 Å². The second-order valence-corrected chi connectivity index (χ2v) is 6.07. The third kappa shape index (κ3) is 3.22. The number of likely N-dealkylation sites (tertiary alicyclic amines) is 1. The molecule has 0 amide bonds. The first-order valence-corrected chi connectivity index (χ1v) is 7.86. The topological polar surface area (TPSA) is 38.5 Å². The van der Waals surface area contributed by atoms with E-state index < -0.39 is 0 Å². The lowest BCUT2D eigenvalue weighted by Crippen LogP contribution is -2.34. The van der Waals surface area contributed by atoms with Gasteiger partial charge in [-0.2, -0.15) is 0 Å². The number of halogens is 1. The molecular formula is C17H27FN2O. The molecule has 1 aliphatic heterocycles. The summed E-state index contributed by atoms with van der Waals surface area (Å²) < 4.78 is 18.9. The first-order valence-electron chi connectivity index (χ1n) is 7.86. The molecule has 1 aromatic carbocycles. The summed E-state index contributed by atoms with van der Waals surface area (Å²) in [5, 5.41) is 0. The van der Waals surface area contributed by atoms with Gasteiger partial charge in [0, 0.05) is 19.1 Å². The van der Waals surface area contributed by atoms with Gasteiger partial charge in [0.2, 0.25) is 0 Å². The quantitative estimate of drug-likeness (QED) is 0.874. The largest absolute Gasteiger partial charge is 0.494 e. The van der Waals surface area contributed by atoms with Crippen molar-refractivity contribution in [2.24, 2.45) is 11.1 Å². The Morgan fingerprint density at radius 2 is 2.10 bits per heavy atom. The van der Waals surface area contributed by atoms with Crippen LogP contribution in [0.1, 0.15) is 44.7 Å². The first kappa shape index (κ1) is 16.2. The average Bonchev–Trinajstić information content (AvgIpc) is 2.93. The van der Waals surface area contributed by atoms with Crippen LogP contribution in [0.2, 0.25) is 0 Å². The third-order valence-corrected chi connectivity index (χ3v) is 5.19. The molecule has 0 spiro atoms. The predicted molar refractivity (Wildman–Crippen MR) is 84.0 cm³/mol. The van der Waals surface area contributed by atoms with Gasteiger partial charge in [-0.15, -0.1) is 0 Å². The van der Waals surface area contributed by atoms with Crippen LogP contribution in [-0.4, -0.2) is 31.6 Å². The summed E-state index contributed by atoms with van der Waals surface area (Å²) in [7, 11) is 1.48. The van der Waals surface area contributed by atoms with Crippen molar-refractivity contribution in [3.63, 3.8) is 0 Å². The number of ether oxygens (including phenoxy) is 1. The van der Waals surface area contributed by atoms with Crippen LogP contribution in [0.15, 0.2) is 18.2 Å². The lowest BCUT2D eigenvalue weighted by Gasteiger charge is -2.31. The van der Waals surface area contributed by atoms with Gasteiger partial charge in [0.05, 0.1) is 7.11 Å². The molecule has 3 nitrogen and oxygen atoms in total. The molecule has 1 fully saturated rings. The smallest absolute Gasteiger partial charge is 0.165 e. The molecule has 0 aliphatic carbocycles. The summed E-state index contributed by atoms with van der Waals surface area (Å²) in [4.78, 5) is 2.41. The Kier molecular flexibility index (Phi) is 5.22. The van der Waals surface area contributed by atoms with E-state index >= 15 is 0 Å². The number of hydrogen-bond acceptors (Lipinski definition) is 3. The Morgan fingerprint density at radius 1 is 1.38 bits per heavy atom. The van der Waals surface area contributed by atoms with E-state index in [-0.39, 0.29) is 17.6 Å². The molecule has 1 saturated heterocycles. The van der Waals surface area contributed by atoms with Crippen LogP contribution < -0.4 is 10.5 Å². The number of methoxy groups -OCH3 is 1. The SMILES string of the molecule is CCC1(CC)CCN(C(CN)c2ccc(OC)c(F)c2)C1. The summed E-state index contributed by atoms with van der Waals surface area (Å²) in [6.45, 7) is 7.12. The van der Waals surface area contributed by atoms with Crippen LogP contribution in [0, 0.1) is 11.2 Å². The lowest BCUT2D eigenvalue weighted by atomic mass is 9.82. The monoisotopic (exact) mass is 294 g/mol. The van der Waals surface area contributed by atoms with Crippen molar-refractivity contribution in [3.05, 3.63) is 29.6 Å². The summed E-state index contributed by atoms with van der Waals surface area (Å²) in [6.07, 6.45) is 3.58. The molecular weight excluding hydrogens is 267 g/mol. The molecule has 2 rings (SSSR count). The fourth-order valence-electron chi connectivity index (χ4n) is 3.45. The van der Waals surface area contributed by atoms with Gasteiger partial charge in [0.25, 0.3) is 0 Å². The van der Waals surface area contributed by atoms with Crippen LogP contribution in [-0.2, 0) is 0 Å². The van der Waals surface area contributed by atoms with Gasteiger partial charge in [0.15, 0.2) is 11.6 Å². The molecule has 0 bridgehead atoms. The zero-order valence-corrected chi connectivity index (χ0v) is 13.4. The van der Waals surface area contributed by atoms with Crippen LogP contribution in [0.5, 0.6) is 5.75 Å². The number of hydrogen-bond donors (Lipinski definition) is 1. The van der Waals surface area contributed by atoms with Gasteiger partial charge in [-0.25, -0.2) is 4.39 Å². The fraction of sp³-hybridized carbons (Fsp3) is 0.647. The van der Waals surface area contributed by atoms with Crippen molar-refractivity contribution in [1.82, 2.24) is 4.90 Å². The second-order valence-electron chi connectivity index (χ2n) is 6.07. The van der Waals surface area contributed by atoms with Crippen molar-refractivity contribution in [2.75, 3.05) is 26.7 Å². The van der Waals surface area contributed by atoms with Crippen molar-refractivity contribution in [1.29, 1.82) is 0 Å². The van der Waals surface area contributed by atoms with E-state index in [9.17, 15) is 4.39 Å². The Hall–Kier alpha value is -1.13. The van der Waals surface area contributed by atoms with Gasteiger partial charge in [-0.05, 0) is 48.9 Å². The highest BCUT2D eigenvalue weighted by atomic mass is 19.1. The maximum atomic E-state index is 13.9. The minimum Gasteiger partial charge on any atom is -0.494 e. The predicted octanol–water partition coefficient (Wildman–Crippen LogP) is 3.35. The Labute approximate surface area is 127 Å². The molecule has 0 aromatic heterocycles. The zero-order valence-electron chi connectivity index (χ0n) is 13.4. The standard InChI is InChI=1S/C17H27FN2O/c1-4-17(5-2)8-9-20(12-17)15(11-19)13-6-7-16(21-3)14(18)10-13/h6-7,10,15H,4-5,8-9,11-12,19H2,1-3H3. The molecule has 1 unspecified atom stereocenters. The third-order valence-electron chi connectivity index (χ3n) is 5.19. The Morgan fingerprint density at radius 3 is 2.57 bits per heavy atom. The summed E-state index contributed by atoms with van der Waals surface area (Å²) in [6, 6.07) is 5.27. The van der Waals surface area contributed by atoms with E-state index in [1.807, 2.05) is 6.07 Å². The Bertz CT molecular complexity index is 474. The summed E-state index contributed by atoms with van der Waals surface area (Å²) in [5.74, 6) is -0.0303. The van der Waals surface area contributed by atoms with Crippen LogP contribution in [0.25, 0.3) is 0 Å². The molecule has 0 radical (unpaired) electrons. The highest BCUT2D eigenvalue weighted by molar-refractivity contribution is 5.31. The van der Waals surface area contributed by atoms with Crippen LogP contribution in [0.3, 0.4) is 0 Å². The van der Waals surface area contributed by atoms with E-state index in [0.717, 1.165) is 18.7 Å². The molecule has 118 valence electrons. The van der Waals surface area contributed by atoms with E-state index in [4.69, 9.17) is 10.5 Å². The van der Waals surface area contributed by atoms with E-state index in [0.29, 0.717) is 12.0 Å². The normalized spacial score (nSPS) is 19.7. The summed E-state index contributed by atoms with van der Waals surface area (Å²) in [5.41, 5.74) is 7.33. The first-order chi connectivity index (χ1) is 10.1. The number of nitrogens with zero attached hydrogens (tertiary/aromatic N) is 1. The molecule has 1 heterocycles. The fourth-order valence-corrected chi connectivity index (χ4v) is 3.45. The molecule has 0 saturated carbocycles. The molecule has 4 heteroatoms. The van der Waals surface area contributed by atoms with Crippen molar-refractivity contribution in [2.45, 2.75) is 39.2 Å². The lowest BCUT2D eigenvalue weighted by molar-refractivity contribution is 0.197. The molecule has 1 aliphatic rings. The zero-order chi connectivity index (χ0) is 15.5. The summed E-state index contributed by atoms with van der Waals surface area (Å²) >= 11 is 0. The van der Waals surface area contributed by atoms with Gasteiger partial charge in [0.1, 0.15) is 0 Å². The van der Waals surface area contributed by atoms with Gasteiger partial charge < -0.3 is 10.5 Å². The van der Waals surface area contributed by atoms with Crippen LogP contribution in [0.4, 0.5) is 4.39 Å². The molecule has 1 aromatic rings. The Balaban J connectivity index is 2.19. The van der Waals surface area contributed by atoms with Gasteiger partial charge in [-0.3, -0.25) is 4.90 Å². The number of nitrogens with two attached hydrogens (primary N) is 1. The van der Waals surface area contributed by atoms with Gasteiger partial charge in [-0.1, -0.05) is 19.9 Å². The van der Waals surface area contributed by atoms with E-state index in [1.165, 1.54) is 26.4 Å². The average molecular weight is 294 g/mol. The van der Waals surface area contributed by atoms with E-state index in [2.05, 4.69) is 18.7 Å². The minimum absolute atomic E-state index is 0.0883. The van der Waals surface area contributed by atoms with E-state index in [1.54, 1.807) is 12.1 Å². The van der Waals surface area contributed by atoms with Crippen molar-refractivity contribution in [3.8, 4) is 5.75 Å². The molecule has 2 N–H and O–H groups in total. The second kappa shape index (κ2) is 6.75. The minimum atomic E-state index is -0.315. The number of rotatable bonds is 6. The maximum Gasteiger partial charge on any atom is 0.165 e. The molecule has 1 atom stereocenters. The highest BCUT2D eigenvalue weighted by Gasteiger charge is 2.37. The van der Waals surface area contributed by atoms with Crippen molar-refractivity contribution < 1.29 is 9.13 Å². The highest BCUT2D eigenvalue weighted by Crippen LogP contribution is 2.40.